The molecular weight excluding hydrogens is 322 g/mol. The van der Waals surface area contributed by atoms with Crippen molar-refractivity contribution in [3.63, 3.8) is 0 Å². The van der Waals surface area contributed by atoms with E-state index in [-0.39, 0.29) is 5.82 Å². The predicted molar refractivity (Wildman–Crippen MR) is 71.5 cm³/mol. The lowest BCUT2D eigenvalue weighted by molar-refractivity contribution is 0.0597. The number of benzene rings is 1. The molecular formula is C11H10F2N4O4S. The minimum Gasteiger partial charge on any atom is -0.465 e. The van der Waals surface area contributed by atoms with Crippen LogP contribution in [0.3, 0.4) is 0 Å². The quantitative estimate of drug-likeness (QED) is 0.713. The Kier molecular flexibility index (Phi) is 3.99. The van der Waals surface area contributed by atoms with Crippen LogP contribution in [-0.2, 0) is 14.8 Å². The molecule has 4 N–H and O–H groups in total. The number of nitrogens with zero attached hydrogens (tertiary/aromatic N) is 1. The number of rotatable bonds is 4. The average Bonchev–Trinajstić information content (AvgIpc) is 2.85. The maximum atomic E-state index is 13.5. The van der Waals surface area contributed by atoms with E-state index >= 15 is 0 Å². The molecule has 0 aliphatic rings. The molecule has 0 atom stereocenters. The molecule has 0 fully saturated rings. The molecule has 1 heterocycles. The minimum absolute atomic E-state index is 0.360. The van der Waals surface area contributed by atoms with Crippen molar-refractivity contribution in [3.05, 3.63) is 35.4 Å². The van der Waals surface area contributed by atoms with Crippen LogP contribution < -0.4 is 10.5 Å². The molecule has 118 valence electrons. The molecule has 0 bridgehead atoms. The monoisotopic (exact) mass is 332 g/mol. The maximum Gasteiger partial charge on any atom is 0.344 e. The number of esters is 1. The van der Waals surface area contributed by atoms with E-state index in [1.54, 1.807) is 4.72 Å². The Bertz CT molecular complexity index is 814. The van der Waals surface area contributed by atoms with Gasteiger partial charge in [-0.2, -0.15) is 13.5 Å². The number of hydrogen-bond donors (Lipinski definition) is 3. The summed E-state index contributed by atoms with van der Waals surface area (Å²) in [5, 5.41) is 4.63. The van der Waals surface area contributed by atoms with Gasteiger partial charge in [-0.05, 0) is 12.1 Å². The number of carbonyl (C=O) groups excluding carboxylic acids is 1. The molecule has 0 radical (unpaired) electrons. The van der Waals surface area contributed by atoms with Gasteiger partial charge in [-0.15, -0.1) is 0 Å². The Morgan fingerprint density at radius 3 is 2.50 bits per heavy atom. The van der Waals surface area contributed by atoms with E-state index in [1.165, 1.54) is 0 Å². The fourth-order valence-corrected chi connectivity index (χ4v) is 2.80. The molecule has 1 aromatic carbocycles. The second-order valence-corrected chi connectivity index (χ2v) is 5.61. The van der Waals surface area contributed by atoms with Crippen LogP contribution in [0, 0.1) is 11.6 Å². The highest BCUT2D eigenvalue weighted by molar-refractivity contribution is 7.92. The molecule has 8 nitrogen and oxygen atoms in total. The lowest BCUT2D eigenvalue weighted by atomic mass is 10.3. The first-order valence-electron chi connectivity index (χ1n) is 5.67. The molecule has 0 aliphatic carbocycles. The number of hydrogen-bond acceptors (Lipinski definition) is 6. The van der Waals surface area contributed by atoms with E-state index in [0.29, 0.717) is 0 Å². The van der Waals surface area contributed by atoms with E-state index in [9.17, 15) is 22.0 Å². The molecule has 22 heavy (non-hydrogen) atoms. The number of nitrogens with two attached hydrogens (primary N) is 1. The van der Waals surface area contributed by atoms with Gasteiger partial charge in [0, 0.05) is 0 Å². The zero-order valence-corrected chi connectivity index (χ0v) is 11.9. The van der Waals surface area contributed by atoms with Crippen molar-refractivity contribution in [1.82, 2.24) is 10.2 Å². The number of nitrogen functional groups attached to an aromatic ring is 1. The van der Waals surface area contributed by atoms with Crippen LogP contribution in [0.25, 0.3) is 0 Å². The van der Waals surface area contributed by atoms with Crippen molar-refractivity contribution in [2.24, 2.45) is 0 Å². The maximum absolute atomic E-state index is 13.5. The third kappa shape index (κ3) is 2.70. The summed E-state index contributed by atoms with van der Waals surface area (Å²) in [5.41, 5.74) is 3.94. The SMILES string of the molecule is COC(=O)c1c(S(=O)(=O)Nc2c(F)cccc2F)n[nH]c1N. The average molecular weight is 332 g/mol. The van der Waals surface area contributed by atoms with Gasteiger partial charge in [-0.3, -0.25) is 9.82 Å². The summed E-state index contributed by atoms with van der Waals surface area (Å²) in [4.78, 5) is 11.5. The van der Waals surface area contributed by atoms with Gasteiger partial charge in [-0.25, -0.2) is 13.6 Å². The van der Waals surface area contributed by atoms with Crippen LogP contribution >= 0.6 is 0 Å². The summed E-state index contributed by atoms with van der Waals surface area (Å²) in [6.45, 7) is 0. The fourth-order valence-electron chi connectivity index (χ4n) is 1.61. The number of halogens is 2. The molecule has 0 amide bonds. The van der Waals surface area contributed by atoms with Gasteiger partial charge < -0.3 is 10.5 Å². The van der Waals surface area contributed by atoms with Crippen molar-refractivity contribution in [3.8, 4) is 0 Å². The number of nitrogens with one attached hydrogen (secondary N) is 2. The number of carbonyl (C=O) groups is 1. The molecule has 0 saturated heterocycles. The van der Waals surface area contributed by atoms with Crippen molar-refractivity contribution >= 4 is 27.5 Å². The lowest BCUT2D eigenvalue weighted by Gasteiger charge is -2.09. The van der Waals surface area contributed by atoms with E-state index in [1.807, 2.05) is 0 Å². The van der Waals surface area contributed by atoms with Gasteiger partial charge in [0.05, 0.1) is 7.11 Å². The number of sulfonamides is 1. The van der Waals surface area contributed by atoms with E-state index in [0.717, 1.165) is 25.3 Å². The molecule has 0 spiro atoms. The number of para-hydroxylation sites is 1. The number of anilines is 2. The van der Waals surface area contributed by atoms with Crippen molar-refractivity contribution in [2.75, 3.05) is 17.6 Å². The Balaban J connectivity index is 2.51. The molecule has 0 aliphatic heterocycles. The van der Waals surface area contributed by atoms with Crippen LogP contribution in [0.2, 0.25) is 0 Å². The van der Waals surface area contributed by atoms with E-state index in [2.05, 4.69) is 14.9 Å². The van der Waals surface area contributed by atoms with E-state index < -0.39 is 43.9 Å². The summed E-state index contributed by atoms with van der Waals surface area (Å²) in [7, 11) is -3.57. The zero-order chi connectivity index (χ0) is 16.5. The number of ether oxygens (including phenoxy) is 1. The van der Waals surface area contributed by atoms with Gasteiger partial charge in [-0.1, -0.05) is 6.07 Å². The van der Waals surface area contributed by atoms with Crippen LogP contribution in [0.1, 0.15) is 10.4 Å². The largest absolute Gasteiger partial charge is 0.465 e. The lowest BCUT2D eigenvalue weighted by Crippen LogP contribution is -2.19. The van der Waals surface area contributed by atoms with Crippen LogP contribution in [-0.4, -0.2) is 31.7 Å². The van der Waals surface area contributed by atoms with Gasteiger partial charge in [0.15, 0.2) is 0 Å². The number of methoxy groups -OCH3 is 1. The second kappa shape index (κ2) is 5.60. The van der Waals surface area contributed by atoms with Crippen molar-refractivity contribution in [2.45, 2.75) is 5.03 Å². The van der Waals surface area contributed by atoms with Crippen LogP contribution in [0.15, 0.2) is 23.2 Å². The normalized spacial score (nSPS) is 11.2. The molecule has 1 aromatic heterocycles. The van der Waals surface area contributed by atoms with Gasteiger partial charge in [0.2, 0.25) is 5.03 Å². The highest BCUT2D eigenvalue weighted by Gasteiger charge is 2.30. The molecule has 2 rings (SSSR count). The van der Waals surface area contributed by atoms with Gasteiger partial charge >= 0.3 is 5.97 Å². The third-order valence-corrected chi connectivity index (χ3v) is 3.88. The third-order valence-electron chi connectivity index (χ3n) is 2.60. The predicted octanol–water partition coefficient (Wildman–Crippen LogP) is 0.857. The van der Waals surface area contributed by atoms with Crippen molar-refractivity contribution < 1.29 is 26.7 Å². The van der Waals surface area contributed by atoms with Crippen LogP contribution in [0.4, 0.5) is 20.3 Å². The number of H-pyrrole nitrogens is 1. The fraction of sp³-hybridized carbons (Fsp3) is 0.0909. The van der Waals surface area contributed by atoms with E-state index in [4.69, 9.17) is 5.73 Å². The summed E-state index contributed by atoms with van der Waals surface area (Å²) in [6, 6.07) is 2.79. The molecule has 0 saturated carbocycles. The van der Waals surface area contributed by atoms with Crippen LogP contribution in [0.5, 0.6) is 0 Å². The first-order valence-corrected chi connectivity index (χ1v) is 7.15. The summed E-state index contributed by atoms with van der Waals surface area (Å²) in [5.74, 6) is -3.69. The Morgan fingerprint density at radius 1 is 1.36 bits per heavy atom. The Labute approximate surface area is 123 Å². The van der Waals surface area contributed by atoms with Crippen molar-refractivity contribution in [1.29, 1.82) is 0 Å². The molecule has 0 unspecified atom stereocenters. The first-order chi connectivity index (χ1) is 10.3. The Morgan fingerprint density at radius 2 is 1.95 bits per heavy atom. The van der Waals surface area contributed by atoms with Gasteiger partial charge in [0.25, 0.3) is 10.0 Å². The minimum atomic E-state index is -4.58. The number of aromatic nitrogens is 2. The van der Waals surface area contributed by atoms with Gasteiger partial charge in [0.1, 0.15) is 28.7 Å². The highest BCUT2D eigenvalue weighted by Crippen LogP contribution is 2.25. The first kappa shape index (κ1) is 15.7. The standard InChI is InChI=1S/C11H10F2N4O4S/c1-21-11(18)7-9(14)15-16-10(7)22(19,20)17-8-5(12)3-2-4-6(8)13/h2-4,17H,1H3,(H3,14,15,16). The topological polar surface area (TPSA) is 127 Å². The smallest absolute Gasteiger partial charge is 0.344 e. The summed E-state index contributed by atoms with van der Waals surface area (Å²) >= 11 is 0. The summed E-state index contributed by atoms with van der Waals surface area (Å²) in [6.07, 6.45) is 0. The molecule has 2 aromatic rings. The number of aromatic amines is 1. The zero-order valence-electron chi connectivity index (χ0n) is 11.1. The second-order valence-electron chi connectivity index (χ2n) is 4.01. The summed E-state index contributed by atoms with van der Waals surface area (Å²) < 4.78 is 57.4. The Hall–Kier alpha value is -2.69. The highest BCUT2D eigenvalue weighted by atomic mass is 32.2. The molecule has 11 heteroatoms.